The van der Waals surface area contributed by atoms with Crippen molar-refractivity contribution in [3.8, 4) is 11.4 Å². The Bertz CT molecular complexity index is 1050. The van der Waals surface area contributed by atoms with Gasteiger partial charge in [0.15, 0.2) is 11.2 Å². The Morgan fingerprint density at radius 2 is 1.97 bits per heavy atom. The van der Waals surface area contributed by atoms with Crippen molar-refractivity contribution in [2.45, 2.75) is 31.4 Å². The van der Waals surface area contributed by atoms with Crippen LogP contribution in [-0.4, -0.2) is 70.4 Å². The molecule has 0 radical (unpaired) electrons. The van der Waals surface area contributed by atoms with E-state index in [1.165, 1.54) is 0 Å². The highest BCUT2D eigenvalue weighted by molar-refractivity contribution is 5.77. The molecule has 1 amide bonds. The van der Waals surface area contributed by atoms with E-state index in [1.54, 1.807) is 25.1 Å². The fourth-order valence-electron chi connectivity index (χ4n) is 3.87. The number of nitrogens with zero attached hydrogens (tertiary/aromatic N) is 5. The molecule has 1 saturated carbocycles. The van der Waals surface area contributed by atoms with Crippen molar-refractivity contribution in [2.75, 3.05) is 32.8 Å². The Balaban J connectivity index is 1.49. The zero-order valence-electron chi connectivity index (χ0n) is 18.1. The van der Waals surface area contributed by atoms with Crippen LogP contribution < -0.4 is 15.8 Å². The minimum atomic E-state index is -0.254. The lowest BCUT2D eigenvalue weighted by molar-refractivity contribution is -0.121. The Labute approximate surface area is 185 Å². The van der Waals surface area contributed by atoms with Gasteiger partial charge in [-0.15, -0.1) is 5.10 Å². The molecular weight excluding hydrogens is 414 g/mol. The van der Waals surface area contributed by atoms with Crippen LogP contribution in [0.25, 0.3) is 16.9 Å². The number of carbonyl (C=O) groups is 1. The van der Waals surface area contributed by atoms with Crippen molar-refractivity contribution in [1.82, 2.24) is 25.0 Å². The molecule has 2 atom stereocenters. The smallest absolute Gasteiger partial charge is 0.225 e. The number of hydrogen-bond donors (Lipinski definition) is 2. The number of amides is 1. The summed E-state index contributed by atoms with van der Waals surface area (Å²) in [7, 11) is 3.25. The summed E-state index contributed by atoms with van der Waals surface area (Å²) in [5.74, 6) is 0.810. The fraction of sp³-hybridized carbons (Fsp3) is 0.476. The molecule has 0 bridgehead atoms. The first-order chi connectivity index (χ1) is 15.6. The van der Waals surface area contributed by atoms with Crippen LogP contribution in [0.15, 0.2) is 30.5 Å². The number of ether oxygens (including phenoxy) is 3. The van der Waals surface area contributed by atoms with E-state index in [9.17, 15) is 4.79 Å². The van der Waals surface area contributed by atoms with Gasteiger partial charge in [-0.25, -0.2) is 4.98 Å². The Morgan fingerprint density at radius 3 is 2.62 bits per heavy atom. The number of benzene rings is 1. The first-order valence-corrected chi connectivity index (χ1v) is 10.5. The summed E-state index contributed by atoms with van der Waals surface area (Å²) in [6.07, 6.45) is 3.74. The summed E-state index contributed by atoms with van der Waals surface area (Å²) in [4.78, 5) is 20.3. The highest BCUT2D eigenvalue weighted by atomic mass is 16.6. The normalized spacial score (nSPS) is 18.3. The topological polar surface area (TPSA) is 139 Å². The molecule has 0 unspecified atom stereocenters. The maximum atomic E-state index is 11.4. The second-order valence-corrected chi connectivity index (χ2v) is 7.80. The number of aromatic nitrogens is 5. The largest absolute Gasteiger partial charge is 0.486 e. The predicted octanol–water partition coefficient (Wildman–Crippen LogP) is 1.32. The first-order valence-electron chi connectivity index (χ1n) is 10.5. The summed E-state index contributed by atoms with van der Waals surface area (Å²) in [6.45, 7) is 0.856. The predicted molar refractivity (Wildman–Crippen MR) is 117 cm³/mol. The molecule has 1 fully saturated rings. The molecule has 0 saturated heterocycles. The van der Waals surface area contributed by atoms with Gasteiger partial charge in [-0.05, 0) is 43.5 Å². The van der Waals surface area contributed by atoms with Crippen molar-refractivity contribution >= 4 is 23.0 Å². The van der Waals surface area contributed by atoms with Gasteiger partial charge in [-0.2, -0.15) is 9.67 Å². The molecule has 4 rings (SSSR count). The number of carbonyl (C=O) groups excluding carboxylic acids is 1. The van der Waals surface area contributed by atoms with E-state index < -0.39 is 0 Å². The molecule has 0 spiro atoms. The third-order valence-corrected chi connectivity index (χ3v) is 5.45. The molecule has 170 valence electrons. The lowest BCUT2D eigenvalue weighted by atomic mass is 10.1. The lowest BCUT2D eigenvalue weighted by Gasteiger charge is -2.17. The van der Waals surface area contributed by atoms with E-state index in [0.29, 0.717) is 42.5 Å². The molecule has 11 heteroatoms. The molecule has 3 aromatic rings. The van der Waals surface area contributed by atoms with Crippen molar-refractivity contribution in [2.24, 2.45) is 11.7 Å². The third kappa shape index (κ3) is 4.94. The molecule has 2 aromatic heterocycles. The number of nitrogens with two attached hydrogens (primary N) is 1. The number of primary amides is 1. The van der Waals surface area contributed by atoms with Crippen LogP contribution in [0.3, 0.4) is 0 Å². The van der Waals surface area contributed by atoms with Crippen LogP contribution in [0.5, 0.6) is 5.75 Å². The van der Waals surface area contributed by atoms with Crippen molar-refractivity contribution in [1.29, 1.82) is 0 Å². The number of hydrogen-bond acceptors (Lipinski definition) is 9. The van der Waals surface area contributed by atoms with Gasteiger partial charge >= 0.3 is 0 Å². The highest BCUT2D eigenvalue weighted by Gasteiger charge is 2.29. The van der Waals surface area contributed by atoms with Gasteiger partial charge < -0.3 is 25.3 Å². The average molecular weight is 441 g/mol. The Kier molecular flexibility index (Phi) is 6.76. The van der Waals surface area contributed by atoms with E-state index in [0.717, 1.165) is 18.5 Å². The van der Waals surface area contributed by atoms with Crippen LogP contribution in [0.4, 0.5) is 5.95 Å². The third-order valence-electron chi connectivity index (χ3n) is 5.45. The maximum absolute atomic E-state index is 11.4. The van der Waals surface area contributed by atoms with Gasteiger partial charge in [-0.3, -0.25) is 4.79 Å². The quantitative estimate of drug-likeness (QED) is 0.477. The first kappa shape index (κ1) is 21.9. The summed E-state index contributed by atoms with van der Waals surface area (Å²) < 4.78 is 17.9. The zero-order chi connectivity index (χ0) is 22.5. The number of nitrogens with one attached hydrogen (secondary N) is 1. The van der Waals surface area contributed by atoms with E-state index in [1.807, 2.05) is 24.3 Å². The fourth-order valence-corrected chi connectivity index (χ4v) is 3.87. The van der Waals surface area contributed by atoms with Gasteiger partial charge in [0.25, 0.3) is 0 Å². The van der Waals surface area contributed by atoms with Crippen LogP contribution in [0, 0.1) is 5.92 Å². The minimum absolute atomic E-state index is 0.100. The van der Waals surface area contributed by atoms with Crippen molar-refractivity contribution in [3.63, 3.8) is 0 Å². The van der Waals surface area contributed by atoms with Crippen molar-refractivity contribution < 1.29 is 19.0 Å². The van der Waals surface area contributed by atoms with E-state index >= 15 is 0 Å². The molecule has 32 heavy (non-hydrogen) atoms. The van der Waals surface area contributed by atoms with Crippen LogP contribution in [0.2, 0.25) is 0 Å². The molecular formula is C21H27N7O4. The molecule has 1 aromatic carbocycles. The monoisotopic (exact) mass is 441 g/mol. The maximum Gasteiger partial charge on any atom is 0.225 e. The second-order valence-electron chi connectivity index (χ2n) is 7.80. The Morgan fingerprint density at radius 1 is 1.22 bits per heavy atom. The molecule has 2 heterocycles. The molecule has 11 nitrogen and oxygen atoms in total. The van der Waals surface area contributed by atoms with Crippen LogP contribution in [0.1, 0.15) is 19.3 Å². The Hall–Kier alpha value is -3.31. The summed E-state index contributed by atoms with van der Waals surface area (Å²) in [6, 6.07) is 7.57. The van der Waals surface area contributed by atoms with Gasteiger partial charge in [0, 0.05) is 26.2 Å². The van der Waals surface area contributed by atoms with Crippen LogP contribution in [-0.2, 0) is 14.3 Å². The molecule has 0 aliphatic heterocycles. The van der Waals surface area contributed by atoms with E-state index in [-0.39, 0.29) is 24.0 Å². The van der Waals surface area contributed by atoms with Crippen LogP contribution >= 0.6 is 0 Å². The lowest BCUT2D eigenvalue weighted by Crippen LogP contribution is -2.27. The molecule has 1 aliphatic rings. The summed E-state index contributed by atoms with van der Waals surface area (Å²) >= 11 is 0. The van der Waals surface area contributed by atoms with Gasteiger partial charge in [0.2, 0.25) is 11.9 Å². The average Bonchev–Trinajstić information content (AvgIpc) is 3.42. The number of fused-ring (bicyclic) bond motifs is 1. The number of rotatable bonds is 10. The van der Waals surface area contributed by atoms with E-state index in [4.69, 9.17) is 19.9 Å². The second kappa shape index (κ2) is 9.88. The summed E-state index contributed by atoms with van der Waals surface area (Å²) in [5.41, 5.74) is 7.37. The standard InChI is InChI=1S/C21H27N7O4/c1-30-11-17(12-31-2)32-16-7-5-15(6-8-16)28-20-18(26-27-28)10-23-21(25-20)24-14-4-3-13(9-14)19(22)29/h5-8,10,13-14,17H,3-4,9,11-12H2,1-2H3,(H2,22,29)(H,23,24,25)/t13-,14-/m1/s1. The van der Waals surface area contributed by atoms with Gasteiger partial charge in [-0.1, -0.05) is 5.21 Å². The minimum Gasteiger partial charge on any atom is -0.486 e. The molecule has 1 aliphatic carbocycles. The zero-order valence-corrected chi connectivity index (χ0v) is 18.1. The number of methoxy groups -OCH3 is 2. The van der Waals surface area contributed by atoms with Crippen molar-refractivity contribution in [3.05, 3.63) is 30.5 Å². The molecule has 3 N–H and O–H groups in total. The highest BCUT2D eigenvalue weighted by Crippen LogP contribution is 2.27. The summed E-state index contributed by atoms with van der Waals surface area (Å²) in [5, 5.41) is 11.7. The van der Waals surface area contributed by atoms with Gasteiger partial charge in [0.1, 0.15) is 11.9 Å². The SMILES string of the molecule is COCC(COC)Oc1ccc(-n2nnc3cnc(N[C@@H]4CC[C@@H](C(N)=O)C4)nc32)cc1. The van der Waals surface area contributed by atoms with Gasteiger partial charge in [0.05, 0.1) is 25.1 Å². The van der Waals surface area contributed by atoms with E-state index in [2.05, 4.69) is 25.6 Å². The number of anilines is 1.